The molecule has 0 spiro atoms. The molecular weight excluding hydrogens is 194 g/mol. The molecule has 0 heterocycles. The van der Waals surface area contributed by atoms with Crippen molar-refractivity contribution in [2.75, 3.05) is 0 Å². The van der Waals surface area contributed by atoms with Crippen LogP contribution in [0.5, 0.6) is 5.75 Å². The second-order valence-corrected chi connectivity index (χ2v) is 2.67. The van der Waals surface area contributed by atoms with Gasteiger partial charge < -0.3 is 5.11 Å². The molecule has 1 aromatic rings. The highest BCUT2D eigenvalue weighted by Crippen LogP contribution is 2.32. The third-order valence-electron chi connectivity index (χ3n) is 0.848. The minimum absolute atomic E-state index is 0.121. The summed E-state index contributed by atoms with van der Waals surface area (Å²) in [5, 5.41) is 8.57. The number of hydrogen-bond donors (Lipinski definition) is 1. The summed E-state index contributed by atoms with van der Waals surface area (Å²) in [6.07, 6.45) is 0. The van der Waals surface area contributed by atoms with Crippen molar-refractivity contribution in [2.24, 2.45) is 0 Å². The second kappa shape index (κ2) is 2.87. The molecule has 1 N–H and O–H groups in total. The minimum Gasteiger partial charge on any atom is -0.506 e. The number of phenolic OH excluding ortho intramolecular Hbond substituents is 1. The summed E-state index contributed by atoms with van der Waals surface area (Å²) in [5.74, 6) is -0.518. The van der Waals surface area contributed by atoms with E-state index in [-0.39, 0.29) is 27.2 Å². The Morgan fingerprint density at radius 1 is 1.10 bits per heavy atom. The quantitative estimate of drug-likeness (QED) is 0.635. The Kier molecular flexibility index (Phi) is 1.59. The van der Waals surface area contributed by atoms with Crippen LogP contribution >= 0.6 is 34.8 Å². The van der Waals surface area contributed by atoms with Crippen molar-refractivity contribution < 1.29 is 7.85 Å². The van der Waals surface area contributed by atoms with Gasteiger partial charge >= 0.3 is 0 Å². The first-order chi connectivity index (χ1) is 5.46. The second-order valence-electron chi connectivity index (χ2n) is 1.54. The van der Waals surface area contributed by atoms with Crippen molar-refractivity contribution in [3.63, 3.8) is 0 Å². The van der Waals surface area contributed by atoms with Gasteiger partial charge in [-0.25, -0.2) is 0 Å². The monoisotopic (exact) mass is 198 g/mol. The average molecular weight is 199 g/mol. The molecule has 0 amide bonds. The molecule has 0 aliphatic rings. The molecule has 0 fully saturated rings. The third kappa shape index (κ3) is 1.48. The van der Waals surface area contributed by atoms with Gasteiger partial charge in [0.1, 0.15) is 5.75 Å². The van der Waals surface area contributed by atoms with Gasteiger partial charge in [0.05, 0.1) is 17.8 Å². The van der Waals surface area contributed by atoms with E-state index in [9.17, 15) is 0 Å². The van der Waals surface area contributed by atoms with Crippen molar-refractivity contribution >= 4 is 34.8 Å². The van der Waals surface area contributed by atoms with Crippen LogP contribution in [-0.4, -0.2) is 5.11 Å². The van der Waals surface area contributed by atoms with Crippen LogP contribution in [0.1, 0.15) is 2.74 Å². The van der Waals surface area contributed by atoms with Gasteiger partial charge in [-0.05, 0) is 6.04 Å². The molecule has 0 radical (unpaired) electrons. The van der Waals surface area contributed by atoms with Gasteiger partial charge in [0, 0.05) is 6.04 Å². The molecule has 54 valence electrons. The Balaban J connectivity index is 3.60. The largest absolute Gasteiger partial charge is 0.506 e. The predicted octanol–water partition coefficient (Wildman–Crippen LogP) is 3.35. The first kappa shape index (κ1) is 5.53. The number of halogens is 3. The lowest BCUT2D eigenvalue weighted by Crippen LogP contribution is -1.70. The zero-order valence-electron chi connectivity index (χ0n) is 6.58. The van der Waals surface area contributed by atoms with Crippen LogP contribution in [0.15, 0.2) is 12.1 Å². The van der Waals surface area contributed by atoms with Gasteiger partial charge in [-0.2, -0.15) is 0 Å². The highest BCUT2D eigenvalue weighted by atomic mass is 35.5. The molecule has 1 nitrogen and oxygen atoms in total. The maximum Gasteiger partial charge on any atom is 0.135 e. The Hall–Kier alpha value is -0.110. The maximum absolute atomic E-state index is 9.11. The molecule has 0 saturated heterocycles. The lowest BCUT2D eigenvalue weighted by atomic mass is 10.3. The number of phenols is 1. The summed E-state index contributed by atoms with van der Waals surface area (Å²) in [7, 11) is 0. The lowest BCUT2D eigenvalue weighted by Gasteiger charge is -1.97. The lowest BCUT2D eigenvalue weighted by molar-refractivity contribution is 0.475. The Labute approximate surface area is 75.9 Å². The number of rotatable bonds is 0. The Morgan fingerprint density at radius 2 is 1.60 bits per heavy atom. The fourth-order valence-electron chi connectivity index (χ4n) is 0.424. The minimum atomic E-state index is -0.518. The molecule has 0 aliphatic carbocycles. The normalized spacial score (nSPS) is 12.7. The van der Waals surface area contributed by atoms with Crippen LogP contribution in [0.2, 0.25) is 15.1 Å². The Morgan fingerprint density at radius 3 is 2.20 bits per heavy atom. The molecule has 0 atom stereocenters. The van der Waals surface area contributed by atoms with E-state index in [0.717, 1.165) is 0 Å². The number of aromatic hydroxyl groups is 1. The molecule has 4 heteroatoms. The van der Waals surface area contributed by atoms with E-state index in [0.29, 0.717) is 0 Å². The number of hydrogen-bond acceptors (Lipinski definition) is 1. The van der Waals surface area contributed by atoms with Crippen molar-refractivity contribution in [3.8, 4) is 5.75 Å². The fraction of sp³-hybridized carbons (Fsp3) is 0. The van der Waals surface area contributed by atoms with Crippen LogP contribution in [0.25, 0.3) is 0 Å². The van der Waals surface area contributed by atoms with Crippen LogP contribution in [0.4, 0.5) is 0 Å². The third-order valence-corrected chi connectivity index (χ3v) is 1.79. The van der Waals surface area contributed by atoms with Gasteiger partial charge in [0.2, 0.25) is 0 Å². The molecule has 0 aliphatic heterocycles. The van der Waals surface area contributed by atoms with Crippen LogP contribution < -0.4 is 0 Å². The van der Waals surface area contributed by atoms with Gasteiger partial charge in [-0.15, -0.1) is 0 Å². The van der Waals surface area contributed by atoms with Crippen molar-refractivity contribution in [2.45, 2.75) is 0 Å². The van der Waals surface area contributed by atoms with E-state index in [4.69, 9.17) is 42.7 Å². The fourth-order valence-corrected chi connectivity index (χ4v) is 0.893. The standard InChI is InChI=1S/C6H3Cl3O/c7-3-1-5(9)6(10)2-4(3)8/h1-2,10H/i1D,2D. The number of benzene rings is 1. The first-order valence-electron chi connectivity index (χ1n) is 3.29. The molecule has 1 aromatic carbocycles. The van der Waals surface area contributed by atoms with Crippen LogP contribution in [0.3, 0.4) is 0 Å². The predicted molar refractivity (Wildman–Crippen MR) is 43.1 cm³/mol. The van der Waals surface area contributed by atoms with E-state index in [1.807, 2.05) is 0 Å². The van der Waals surface area contributed by atoms with Gasteiger partial charge in [-0.3, -0.25) is 0 Å². The summed E-state index contributed by atoms with van der Waals surface area (Å²) in [6.45, 7) is 0. The Bertz CT molecular complexity index is 235. The van der Waals surface area contributed by atoms with Crippen LogP contribution in [0, 0.1) is 0 Å². The van der Waals surface area contributed by atoms with Gasteiger partial charge in [-0.1, -0.05) is 34.8 Å². The van der Waals surface area contributed by atoms with Crippen molar-refractivity contribution in [1.29, 1.82) is 0 Å². The summed E-state index contributed by atoms with van der Waals surface area (Å²) in [4.78, 5) is 0. The summed E-state index contributed by atoms with van der Waals surface area (Å²) >= 11 is 16.5. The van der Waals surface area contributed by atoms with Gasteiger partial charge in [0.25, 0.3) is 0 Å². The summed E-state index contributed by atoms with van der Waals surface area (Å²) in [5.41, 5.74) is 0. The smallest absolute Gasteiger partial charge is 0.135 e. The average Bonchev–Trinajstić information content (AvgIpc) is 2.08. The van der Waals surface area contributed by atoms with Crippen molar-refractivity contribution in [3.05, 3.63) is 27.2 Å². The molecule has 10 heavy (non-hydrogen) atoms. The zero-order valence-corrected chi connectivity index (χ0v) is 6.85. The van der Waals surface area contributed by atoms with E-state index >= 15 is 0 Å². The van der Waals surface area contributed by atoms with E-state index in [1.165, 1.54) is 0 Å². The molecular formula is C6H3Cl3O. The summed E-state index contributed by atoms with van der Waals surface area (Å²) < 4.78 is 14.4. The van der Waals surface area contributed by atoms with Crippen LogP contribution in [-0.2, 0) is 0 Å². The molecule has 1 rings (SSSR count). The molecule has 0 aromatic heterocycles. The molecule has 0 unspecified atom stereocenters. The highest BCUT2D eigenvalue weighted by Gasteiger charge is 2.02. The topological polar surface area (TPSA) is 20.2 Å². The SMILES string of the molecule is [2H]c1c(O)c(Cl)c([2H])c(Cl)c1Cl. The van der Waals surface area contributed by atoms with Crippen molar-refractivity contribution in [1.82, 2.24) is 0 Å². The highest BCUT2D eigenvalue weighted by molar-refractivity contribution is 6.43. The van der Waals surface area contributed by atoms with E-state index < -0.39 is 5.75 Å². The van der Waals surface area contributed by atoms with Gasteiger partial charge in [0.15, 0.2) is 0 Å². The zero-order chi connectivity index (χ0) is 9.46. The maximum atomic E-state index is 9.11. The molecule has 0 saturated carbocycles. The molecule has 0 bridgehead atoms. The van der Waals surface area contributed by atoms with E-state index in [2.05, 4.69) is 0 Å². The first-order valence-corrected chi connectivity index (χ1v) is 3.42. The van der Waals surface area contributed by atoms with E-state index in [1.54, 1.807) is 0 Å². The summed E-state index contributed by atoms with van der Waals surface area (Å²) in [6, 6.07) is -0.625.